The molecular formula is C14H25N. The van der Waals surface area contributed by atoms with Crippen molar-refractivity contribution in [2.24, 2.45) is 35.5 Å². The number of rotatable bonds is 1. The molecule has 0 aromatic rings. The Hall–Kier alpha value is -0.0400. The SMILES string of the molecule is CCN1[C@@H]2[C@@H]3[C@H](C)[C@H](C)[C@H]3[C@@H]2[C@H](C)[C@@H]1C. The van der Waals surface area contributed by atoms with Crippen molar-refractivity contribution in [3.63, 3.8) is 0 Å². The van der Waals surface area contributed by atoms with Crippen LogP contribution in [0.1, 0.15) is 34.6 Å². The highest BCUT2D eigenvalue weighted by Crippen LogP contribution is 2.67. The molecule has 1 heteroatoms. The molecule has 0 spiro atoms. The molecule has 0 aromatic heterocycles. The molecule has 3 aliphatic rings. The van der Waals surface area contributed by atoms with Gasteiger partial charge in [-0.3, -0.25) is 4.90 Å². The highest BCUT2D eigenvalue weighted by Gasteiger charge is 2.69. The van der Waals surface area contributed by atoms with Crippen LogP contribution in [0.5, 0.6) is 0 Å². The first-order chi connectivity index (χ1) is 7.09. The molecule has 1 heterocycles. The zero-order chi connectivity index (χ0) is 10.9. The Morgan fingerprint density at radius 2 is 1.33 bits per heavy atom. The molecule has 8 atom stereocenters. The predicted molar refractivity (Wildman–Crippen MR) is 63.6 cm³/mol. The number of nitrogens with zero attached hydrogens (tertiary/aromatic N) is 1. The fourth-order valence-corrected chi connectivity index (χ4v) is 5.24. The van der Waals surface area contributed by atoms with E-state index < -0.39 is 0 Å². The summed E-state index contributed by atoms with van der Waals surface area (Å²) in [5, 5.41) is 0. The molecule has 2 saturated carbocycles. The van der Waals surface area contributed by atoms with Gasteiger partial charge in [0.25, 0.3) is 0 Å². The van der Waals surface area contributed by atoms with E-state index in [-0.39, 0.29) is 0 Å². The summed E-state index contributed by atoms with van der Waals surface area (Å²) in [7, 11) is 0. The summed E-state index contributed by atoms with van der Waals surface area (Å²) < 4.78 is 0. The van der Waals surface area contributed by atoms with E-state index in [0.717, 1.165) is 47.6 Å². The molecule has 0 aromatic carbocycles. The summed E-state index contributed by atoms with van der Waals surface area (Å²) in [5.41, 5.74) is 0. The Balaban J connectivity index is 1.86. The first-order valence-electron chi connectivity index (χ1n) is 6.85. The highest BCUT2D eigenvalue weighted by atomic mass is 15.2. The van der Waals surface area contributed by atoms with Crippen LogP contribution in [0.15, 0.2) is 0 Å². The van der Waals surface area contributed by atoms with Crippen molar-refractivity contribution in [2.45, 2.75) is 46.7 Å². The fraction of sp³-hybridized carbons (Fsp3) is 1.00. The van der Waals surface area contributed by atoms with Gasteiger partial charge in [0.05, 0.1) is 0 Å². The van der Waals surface area contributed by atoms with E-state index in [9.17, 15) is 0 Å². The van der Waals surface area contributed by atoms with E-state index in [1.807, 2.05) is 0 Å². The summed E-state index contributed by atoms with van der Waals surface area (Å²) in [6.45, 7) is 13.5. The van der Waals surface area contributed by atoms with Gasteiger partial charge in [-0.25, -0.2) is 0 Å². The van der Waals surface area contributed by atoms with Crippen LogP contribution in [0.4, 0.5) is 0 Å². The Bertz CT molecular complexity index is 275. The third-order valence-electron chi connectivity index (χ3n) is 6.36. The molecule has 0 amide bonds. The number of likely N-dealkylation sites (tertiary alicyclic amines) is 1. The summed E-state index contributed by atoms with van der Waals surface area (Å²) >= 11 is 0. The maximum Gasteiger partial charge on any atom is 0.0166 e. The first-order valence-corrected chi connectivity index (χ1v) is 6.85. The van der Waals surface area contributed by atoms with Gasteiger partial charge in [0, 0.05) is 12.1 Å². The van der Waals surface area contributed by atoms with Crippen LogP contribution in [0, 0.1) is 35.5 Å². The topological polar surface area (TPSA) is 3.24 Å². The Kier molecular flexibility index (Phi) is 2.03. The van der Waals surface area contributed by atoms with Crippen molar-refractivity contribution in [1.29, 1.82) is 0 Å². The first kappa shape index (κ1) is 10.1. The molecule has 0 N–H and O–H groups in total. The van der Waals surface area contributed by atoms with E-state index in [4.69, 9.17) is 0 Å². The molecule has 15 heavy (non-hydrogen) atoms. The average Bonchev–Trinajstić information content (AvgIpc) is 2.39. The van der Waals surface area contributed by atoms with Crippen LogP contribution in [-0.2, 0) is 0 Å². The Labute approximate surface area is 94.2 Å². The van der Waals surface area contributed by atoms with Gasteiger partial charge in [-0.05, 0) is 49.0 Å². The van der Waals surface area contributed by atoms with Crippen molar-refractivity contribution in [3.8, 4) is 0 Å². The lowest BCUT2D eigenvalue weighted by Gasteiger charge is -2.67. The molecule has 0 radical (unpaired) electrons. The minimum atomic E-state index is 0.829. The van der Waals surface area contributed by atoms with Crippen LogP contribution in [-0.4, -0.2) is 23.5 Å². The zero-order valence-corrected chi connectivity index (χ0v) is 10.8. The van der Waals surface area contributed by atoms with Crippen LogP contribution < -0.4 is 0 Å². The van der Waals surface area contributed by atoms with Gasteiger partial charge in [-0.2, -0.15) is 0 Å². The van der Waals surface area contributed by atoms with E-state index >= 15 is 0 Å². The van der Waals surface area contributed by atoms with Crippen molar-refractivity contribution < 1.29 is 0 Å². The second kappa shape index (κ2) is 3.00. The maximum absolute atomic E-state index is 2.79. The molecule has 0 bridgehead atoms. The summed E-state index contributed by atoms with van der Waals surface area (Å²) in [6.07, 6.45) is 0. The van der Waals surface area contributed by atoms with E-state index in [0.29, 0.717) is 0 Å². The lowest BCUT2D eigenvalue weighted by Crippen LogP contribution is -2.68. The van der Waals surface area contributed by atoms with Crippen LogP contribution in [0.25, 0.3) is 0 Å². The average molecular weight is 207 g/mol. The Morgan fingerprint density at radius 1 is 0.800 bits per heavy atom. The molecule has 2 aliphatic carbocycles. The molecule has 3 rings (SSSR count). The lowest BCUT2D eigenvalue weighted by atomic mass is 9.40. The van der Waals surface area contributed by atoms with Gasteiger partial charge >= 0.3 is 0 Å². The third kappa shape index (κ3) is 0.945. The molecule has 1 nitrogen and oxygen atoms in total. The van der Waals surface area contributed by atoms with Crippen molar-refractivity contribution >= 4 is 0 Å². The zero-order valence-electron chi connectivity index (χ0n) is 10.8. The second-order valence-corrected chi connectivity index (χ2v) is 6.37. The minimum absolute atomic E-state index is 0.829. The van der Waals surface area contributed by atoms with Crippen molar-refractivity contribution in [3.05, 3.63) is 0 Å². The maximum atomic E-state index is 2.79. The monoisotopic (exact) mass is 207 g/mol. The standard InChI is InChI=1S/C14H25N/c1-6-15-10(5)9(4)13-11-7(2)8(3)12(11)14(13)15/h7-14H,6H2,1-5H3/t7-,8+,9+,10-,11+,12+,13-,14+/m0/s1. The van der Waals surface area contributed by atoms with Gasteiger partial charge in [0.15, 0.2) is 0 Å². The Morgan fingerprint density at radius 3 is 1.93 bits per heavy atom. The molecule has 1 saturated heterocycles. The van der Waals surface area contributed by atoms with Gasteiger partial charge < -0.3 is 0 Å². The highest BCUT2D eigenvalue weighted by molar-refractivity contribution is 5.19. The van der Waals surface area contributed by atoms with Crippen LogP contribution in [0.3, 0.4) is 0 Å². The summed E-state index contributed by atoms with van der Waals surface area (Å²) in [6, 6.07) is 1.78. The smallest absolute Gasteiger partial charge is 0.0166 e. The second-order valence-electron chi connectivity index (χ2n) is 6.37. The van der Waals surface area contributed by atoms with Crippen LogP contribution >= 0.6 is 0 Å². The van der Waals surface area contributed by atoms with Gasteiger partial charge in [0.2, 0.25) is 0 Å². The third-order valence-corrected chi connectivity index (χ3v) is 6.36. The lowest BCUT2D eigenvalue weighted by molar-refractivity contribution is -0.183. The van der Waals surface area contributed by atoms with Crippen molar-refractivity contribution in [2.75, 3.05) is 6.54 Å². The molecule has 3 fully saturated rings. The van der Waals surface area contributed by atoms with Crippen LogP contribution in [0.2, 0.25) is 0 Å². The number of fused-ring (bicyclic) bond motifs is 4. The minimum Gasteiger partial charge on any atom is -0.297 e. The predicted octanol–water partition coefficient (Wildman–Crippen LogP) is 2.86. The van der Waals surface area contributed by atoms with Gasteiger partial charge in [0.1, 0.15) is 0 Å². The van der Waals surface area contributed by atoms with E-state index in [1.54, 1.807) is 0 Å². The molecule has 86 valence electrons. The van der Waals surface area contributed by atoms with E-state index in [1.165, 1.54) is 6.54 Å². The largest absolute Gasteiger partial charge is 0.297 e. The summed E-state index contributed by atoms with van der Waals surface area (Å²) in [5.74, 6) is 6.10. The van der Waals surface area contributed by atoms with Gasteiger partial charge in [-0.1, -0.05) is 27.7 Å². The van der Waals surface area contributed by atoms with Crippen molar-refractivity contribution in [1.82, 2.24) is 4.90 Å². The molecular weight excluding hydrogens is 182 g/mol. The van der Waals surface area contributed by atoms with Gasteiger partial charge in [-0.15, -0.1) is 0 Å². The number of hydrogen-bond acceptors (Lipinski definition) is 1. The molecule has 0 unspecified atom stereocenters. The summed E-state index contributed by atoms with van der Waals surface area (Å²) in [4.78, 5) is 2.79. The fourth-order valence-electron chi connectivity index (χ4n) is 5.24. The quantitative estimate of drug-likeness (QED) is 0.639. The van der Waals surface area contributed by atoms with E-state index in [2.05, 4.69) is 39.5 Å². The normalized spacial score (nSPS) is 63.0. The molecule has 1 aliphatic heterocycles. The number of hydrogen-bond donors (Lipinski definition) is 0.